The number of amides is 2. The topological polar surface area (TPSA) is 112 Å². The van der Waals surface area contributed by atoms with Crippen LogP contribution < -0.4 is 21.7 Å². The number of rotatable bonds is 12. The second kappa shape index (κ2) is 16.1. The van der Waals surface area contributed by atoms with Crippen molar-refractivity contribution in [2.75, 3.05) is 33.2 Å². The Morgan fingerprint density at radius 2 is 1.62 bits per heavy atom. The van der Waals surface area contributed by atoms with E-state index in [2.05, 4.69) is 45.2 Å². The Morgan fingerprint density at radius 3 is 2.24 bits per heavy atom. The van der Waals surface area contributed by atoms with Crippen LogP contribution in [0.5, 0.6) is 0 Å². The van der Waals surface area contributed by atoms with Crippen molar-refractivity contribution < 1.29 is 9.59 Å². The molecule has 3 aromatic carbocycles. The highest BCUT2D eigenvalue weighted by Crippen LogP contribution is 2.27. The van der Waals surface area contributed by atoms with Gasteiger partial charge in [-0.05, 0) is 42.0 Å². The van der Waals surface area contributed by atoms with Crippen LogP contribution in [0.4, 0.5) is 0 Å². The number of benzene rings is 3. The molecule has 0 aliphatic carbocycles. The van der Waals surface area contributed by atoms with Crippen molar-refractivity contribution in [2.24, 2.45) is 10.7 Å². The van der Waals surface area contributed by atoms with E-state index >= 15 is 0 Å². The summed E-state index contributed by atoms with van der Waals surface area (Å²) in [4.78, 5) is 32.5. The minimum atomic E-state index is -0.372. The Kier molecular flexibility index (Phi) is 11.7. The maximum atomic E-state index is 14.0. The summed E-state index contributed by atoms with van der Waals surface area (Å²) >= 11 is 0. The average molecular weight is 567 g/mol. The lowest BCUT2D eigenvalue weighted by Gasteiger charge is -2.29. The number of aliphatic imine (C=N–C) groups is 1. The number of guanidine groups is 1. The first-order valence-corrected chi connectivity index (χ1v) is 14.7. The number of carbonyl (C=O) groups excluding carboxylic acids is 2. The Balaban J connectivity index is 1.46. The highest BCUT2D eigenvalue weighted by molar-refractivity contribution is 5.91. The molecule has 3 aromatic rings. The van der Waals surface area contributed by atoms with Crippen LogP contribution in [-0.4, -0.2) is 68.0 Å². The summed E-state index contributed by atoms with van der Waals surface area (Å²) in [5.41, 5.74) is 9.11. The summed E-state index contributed by atoms with van der Waals surface area (Å²) in [6.07, 6.45) is 5.47. The van der Waals surface area contributed by atoms with Crippen LogP contribution in [0.25, 0.3) is 6.08 Å². The molecule has 0 saturated carbocycles. The van der Waals surface area contributed by atoms with Crippen molar-refractivity contribution in [3.63, 3.8) is 0 Å². The zero-order valence-electron chi connectivity index (χ0n) is 24.3. The summed E-state index contributed by atoms with van der Waals surface area (Å²) < 4.78 is 0. The van der Waals surface area contributed by atoms with Gasteiger partial charge in [0.05, 0.1) is 6.04 Å². The minimum absolute atomic E-state index is 0.0415. The zero-order chi connectivity index (χ0) is 29.6. The van der Waals surface area contributed by atoms with Crippen LogP contribution in [-0.2, 0) is 9.59 Å². The third-order valence-electron chi connectivity index (χ3n) is 7.57. The van der Waals surface area contributed by atoms with Gasteiger partial charge in [0.2, 0.25) is 11.8 Å². The molecule has 1 aliphatic heterocycles. The molecule has 2 amide bonds. The van der Waals surface area contributed by atoms with E-state index in [1.165, 1.54) is 11.1 Å². The number of hydrogen-bond donors (Lipinski definition) is 4. The smallest absolute Gasteiger partial charge is 0.244 e. The van der Waals surface area contributed by atoms with Crippen LogP contribution in [0.1, 0.15) is 41.9 Å². The van der Waals surface area contributed by atoms with E-state index in [4.69, 9.17) is 5.73 Å². The second-order valence-corrected chi connectivity index (χ2v) is 10.5. The first-order chi connectivity index (χ1) is 20.5. The lowest BCUT2D eigenvalue weighted by atomic mass is 9.90. The Hall–Kier alpha value is -4.43. The van der Waals surface area contributed by atoms with E-state index in [1.54, 1.807) is 19.2 Å². The van der Waals surface area contributed by atoms with Gasteiger partial charge >= 0.3 is 0 Å². The fraction of sp³-hybridized carbons (Fsp3) is 0.324. The number of nitrogens with zero attached hydrogens (tertiary/aromatic N) is 2. The average Bonchev–Trinajstić information content (AvgIpc) is 3.18. The second-order valence-electron chi connectivity index (χ2n) is 10.5. The predicted molar refractivity (Wildman–Crippen MR) is 170 cm³/mol. The van der Waals surface area contributed by atoms with E-state index in [1.807, 2.05) is 71.6 Å². The number of carbonyl (C=O) groups is 2. The summed E-state index contributed by atoms with van der Waals surface area (Å²) in [5.74, 6) is 0.367. The minimum Gasteiger partial charge on any atom is -0.370 e. The van der Waals surface area contributed by atoms with Gasteiger partial charge in [-0.3, -0.25) is 14.6 Å². The van der Waals surface area contributed by atoms with Gasteiger partial charge in [0.25, 0.3) is 0 Å². The fourth-order valence-electron chi connectivity index (χ4n) is 5.25. The molecule has 0 radical (unpaired) electrons. The van der Waals surface area contributed by atoms with E-state index in [0.29, 0.717) is 38.6 Å². The van der Waals surface area contributed by atoms with Gasteiger partial charge in [0.1, 0.15) is 0 Å². The Bertz CT molecular complexity index is 1270. The lowest BCUT2D eigenvalue weighted by molar-refractivity contribution is -0.133. The molecule has 1 saturated heterocycles. The normalized spacial score (nSPS) is 17.8. The van der Waals surface area contributed by atoms with Crippen molar-refractivity contribution in [1.82, 2.24) is 20.9 Å². The molecule has 1 fully saturated rings. The summed E-state index contributed by atoms with van der Waals surface area (Å²) in [5, 5.41) is 9.66. The Morgan fingerprint density at radius 1 is 1.00 bits per heavy atom. The molecule has 42 heavy (non-hydrogen) atoms. The quantitative estimate of drug-likeness (QED) is 0.116. The lowest BCUT2D eigenvalue weighted by Crippen LogP contribution is -2.49. The van der Waals surface area contributed by atoms with Gasteiger partial charge in [-0.15, -0.1) is 0 Å². The van der Waals surface area contributed by atoms with Crippen molar-refractivity contribution in [2.45, 2.75) is 37.3 Å². The van der Waals surface area contributed by atoms with Gasteiger partial charge in [0.15, 0.2) is 5.96 Å². The maximum absolute atomic E-state index is 14.0. The van der Waals surface area contributed by atoms with Crippen LogP contribution in [0.2, 0.25) is 0 Å². The van der Waals surface area contributed by atoms with Crippen LogP contribution in [0.3, 0.4) is 0 Å². The first-order valence-electron chi connectivity index (χ1n) is 14.7. The van der Waals surface area contributed by atoms with E-state index in [0.717, 1.165) is 18.4 Å². The van der Waals surface area contributed by atoms with Crippen LogP contribution in [0, 0.1) is 0 Å². The number of hydrogen-bond acceptors (Lipinski definition) is 4. The Labute approximate surface area is 249 Å². The molecule has 8 nitrogen and oxygen atoms in total. The third-order valence-corrected chi connectivity index (χ3v) is 7.57. The fourth-order valence-corrected chi connectivity index (χ4v) is 5.25. The van der Waals surface area contributed by atoms with Crippen molar-refractivity contribution in [3.05, 3.63) is 114 Å². The van der Waals surface area contributed by atoms with Gasteiger partial charge in [-0.2, -0.15) is 0 Å². The van der Waals surface area contributed by atoms with E-state index < -0.39 is 0 Å². The third kappa shape index (κ3) is 9.31. The molecular formula is C34H42N6O2. The maximum Gasteiger partial charge on any atom is 0.244 e. The van der Waals surface area contributed by atoms with Crippen molar-refractivity contribution in [3.8, 4) is 0 Å². The molecule has 0 bridgehead atoms. The largest absolute Gasteiger partial charge is 0.370 e. The van der Waals surface area contributed by atoms with Crippen LogP contribution in [0.15, 0.2) is 102 Å². The molecule has 2 atom stereocenters. The van der Waals surface area contributed by atoms with Gasteiger partial charge in [-0.1, -0.05) is 91.0 Å². The van der Waals surface area contributed by atoms with Gasteiger partial charge in [0, 0.05) is 51.3 Å². The summed E-state index contributed by atoms with van der Waals surface area (Å²) in [6.45, 7) is 2.24. The molecule has 1 heterocycles. The molecule has 2 unspecified atom stereocenters. The van der Waals surface area contributed by atoms with E-state index in [-0.39, 0.29) is 29.8 Å². The van der Waals surface area contributed by atoms with Crippen molar-refractivity contribution >= 4 is 23.8 Å². The molecule has 5 N–H and O–H groups in total. The molecular weight excluding hydrogens is 524 g/mol. The highest BCUT2D eigenvalue weighted by atomic mass is 16.2. The molecule has 8 heteroatoms. The SMILES string of the molecule is CN=C(N)NCCCC1NC(CNC(=O)/C=C/c2ccccc2)CCN(CC(c2ccccc2)c2ccccc2)C1=O. The molecule has 220 valence electrons. The predicted octanol–water partition coefficient (Wildman–Crippen LogP) is 3.52. The molecule has 1 aliphatic rings. The number of nitrogens with two attached hydrogens (primary N) is 1. The standard InChI is InChI=1S/C34H42N6O2/c1-36-34(35)37-22-11-18-31-33(42)40(25-30(27-14-7-3-8-15-27)28-16-9-4-10-17-28)23-21-29(39-31)24-38-32(41)20-19-26-12-5-2-6-13-26/h2-10,12-17,19-20,29-31,39H,11,18,21-25H2,1H3,(H,38,41)(H3,35,36,37)/b20-19+. The van der Waals surface area contributed by atoms with Gasteiger partial charge < -0.3 is 26.6 Å². The van der Waals surface area contributed by atoms with Gasteiger partial charge in [-0.25, -0.2) is 0 Å². The monoisotopic (exact) mass is 566 g/mol. The van der Waals surface area contributed by atoms with Crippen molar-refractivity contribution in [1.29, 1.82) is 0 Å². The first kappa shape index (κ1) is 30.5. The zero-order valence-corrected chi connectivity index (χ0v) is 24.3. The summed E-state index contributed by atoms with van der Waals surface area (Å²) in [6, 6.07) is 30.0. The van der Waals surface area contributed by atoms with Crippen LogP contribution >= 0.6 is 0 Å². The van der Waals surface area contributed by atoms with E-state index in [9.17, 15) is 9.59 Å². The molecule has 0 aromatic heterocycles. The summed E-state index contributed by atoms with van der Waals surface area (Å²) in [7, 11) is 1.64. The highest BCUT2D eigenvalue weighted by Gasteiger charge is 2.32. The number of nitrogens with one attached hydrogen (secondary N) is 3. The molecule has 4 rings (SSSR count). The molecule has 0 spiro atoms.